The largest absolute Gasteiger partial charge is 0.321 e. The van der Waals surface area contributed by atoms with Crippen molar-refractivity contribution in [2.45, 2.75) is 6.92 Å². The first-order valence-corrected chi connectivity index (χ1v) is 9.36. The molecule has 0 aliphatic carbocycles. The lowest BCUT2D eigenvalue weighted by Gasteiger charge is -2.15. The number of aromatic nitrogens is 2. The lowest BCUT2D eigenvalue weighted by molar-refractivity contribution is 0.102. The number of rotatable bonds is 3. The Kier molecular flexibility index (Phi) is 4.99. The van der Waals surface area contributed by atoms with E-state index in [-0.39, 0.29) is 5.91 Å². The van der Waals surface area contributed by atoms with Crippen LogP contribution in [0.3, 0.4) is 0 Å². The number of pyridine rings is 2. The van der Waals surface area contributed by atoms with Gasteiger partial charge in [0.2, 0.25) is 0 Å². The molecule has 0 spiro atoms. The molecular formula is C22H15Cl2N3O. The van der Waals surface area contributed by atoms with E-state index in [1.807, 2.05) is 37.3 Å². The maximum Gasteiger partial charge on any atom is 0.256 e. The predicted molar refractivity (Wildman–Crippen MR) is 114 cm³/mol. The third-order valence-corrected chi connectivity index (χ3v) is 5.02. The zero-order valence-corrected chi connectivity index (χ0v) is 16.4. The van der Waals surface area contributed by atoms with E-state index in [1.54, 1.807) is 36.7 Å². The minimum atomic E-state index is -0.226. The number of benzene rings is 2. The van der Waals surface area contributed by atoms with E-state index in [0.717, 1.165) is 16.5 Å². The summed E-state index contributed by atoms with van der Waals surface area (Å²) in [6.07, 6.45) is 3.26. The average Bonchev–Trinajstić information content (AvgIpc) is 2.68. The van der Waals surface area contributed by atoms with Crippen molar-refractivity contribution < 1.29 is 4.79 Å². The van der Waals surface area contributed by atoms with E-state index in [0.29, 0.717) is 32.5 Å². The van der Waals surface area contributed by atoms with Gasteiger partial charge in [0.05, 0.1) is 33.7 Å². The highest BCUT2D eigenvalue weighted by molar-refractivity contribution is 6.36. The van der Waals surface area contributed by atoms with Crippen LogP contribution < -0.4 is 5.32 Å². The van der Waals surface area contributed by atoms with Crippen molar-refractivity contribution in [2.24, 2.45) is 0 Å². The molecule has 2 heterocycles. The first-order chi connectivity index (χ1) is 13.5. The van der Waals surface area contributed by atoms with Crippen molar-refractivity contribution in [1.82, 2.24) is 9.97 Å². The Bertz CT molecular complexity index is 1190. The molecule has 4 aromatic rings. The van der Waals surface area contributed by atoms with Gasteiger partial charge in [-0.15, -0.1) is 0 Å². The van der Waals surface area contributed by atoms with Crippen LogP contribution in [0.25, 0.3) is 22.2 Å². The van der Waals surface area contributed by atoms with Crippen LogP contribution in [0.1, 0.15) is 15.9 Å². The fourth-order valence-electron chi connectivity index (χ4n) is 3.17. The summed E-state index contributed by atoms with van der Waals surface area (Å²) in [5.41, 5.74) is 4.01. The van der Waals surface area contributed by atoms with Crippen molar-refractivity contribution in [3.8, 4) is 11.3 Å². The van der Waals surface area contributed by atoms with Gasteiger partial charge in [-0.25, -0.2) is 4.98 Å². The van der Waals surface area contributed by atoms with Crippen LogP contribution in [0, 0.1) is 6.92 Å². The quantitative estimate of drug-likeness (QED) is 0.442. The third kappa shape index (κ3) is 3.44. The van der Waals surface area contributed by atoms with E-state index in [2.05, 4.69) is 10.3 Å². The summed E-state index contributed by atoms with van der Waals surface area (Å²) in [5.74, 6) is -0.226. The van der Waals surface area contributed by atoms with Crippen molar-refractivity contribution in [3.63, 3.8) is 0 Å². The Balaban J connectivity index is 1.92. The lowest BCUT2D eigenvalue weighted by atomic mass is 9.97. The van der Waals surface area contributed by atoms with Gasteiger partial charge in [-0.05, 0) is 48.9 Å². The highest BCUT2D eigenvalue weighted by atomic mass is 35.5. The molecule has 4 rings (SSSR count). The molecular weight excluding hydrogens is 393 g/mol. The van der Waals surface area contributed by atoms with Crippen LogP contribution in [-0.4, -0.2) is 15.9 Å². The van der Waals surface area contributed by atoms with Crippen molar-refractivity contribution in [2.75, 3.05) is 5.32 Å². The minimum absolute atomic E-state index is 0.226. The number of anilines is 1. The minimum Gasteiger partial charge on any atom is -0.321 e. The Morgan fingerprint density at radius 3 is 2.61 bits per heavy atom. The molecule has 138 valence electrons. The maximum absolute atomic E-state index is 13.2. The molecule has 0 unspecified atom stereocenters. The molecule has 28 heavy (non-hydrogen) atoms. The Hall–Kier alpha value is -2.95. The molecule has 2 aromatic carbocycles. The van der Waals surface area contributed by atoms with Gasteiger partial charge in [0.25, 0.3) is 5.91 Å². The zero-order valence-electron chi connectivity index (χ0n) is 14.9. The smallest absolute Gasteiger partial charge is 0.256 e. The number of para-hydroxylation sites is 1. The maximum atomic E-state index is 13.2. The molecule has 2 aromatic heterocycles. The van der Waals surface area contributed by atoms with Crippen LogP contribution in [0.4, 0.5) is 5.69 Å². The highest BCUT2D eigenvalue weighted by Crippen LogP contribution is 2.35. The van der Waals surface area contributed by atoms with E-state index in [9.17, 15) is 4.79 Å². The van der Waals surface area contributed by atoms with Crippen molar-refractivity contribution in [3.05, 3.63) is 88.2 Å². The van der Waals surface area contributed by atoms with Crippen molar-refractivity contribution in [1.29, 1.82) is 0 Å². The van der Waals surface area contributed by atoms with Gasteiger partial charge in [-0.1, -0.05) is 41.4 Å². The predicted octanol–water partition coefficient (Wildman–Crippen LogP) is 6.16. The van der Waals surface area contributed by atoms with E-state index in [1.165, 1.54) is 0 Å². The molecule has 0 atom stereocenters. The molecule has 0 fully saturated rings. The number of fused-ring (bicyclic) bond motifs is 1. The van der Waals surface area contributed by atoms with E-state index < -0.39 is 0 Å². The summed E-state index contributed by atoms with van der Waals surface area (Å²) >= 11 is 12.5. The summed E-state index contributed by atoms with van der Waals surface area (Å²) in [5, 5.41) is 4.71. The van der Waals surface area contributed by atoms with Crippen molar-refractivity contribution >= 4 is 45.7 Å². The number of nitrogens with zero attached hydrogens (tertiary/aromatic N) is 2. The van der Waals surface area contributed by atoms with Gasteiger partial charge < -0.3 is 5.32 Å². The number of nitrogens with one attached hydrogen (secondary N) is 1. The van der Waals surface area contributed by atoms with Crippen LogP contribution in [0.5, 0.6) is 0 Å². The Morgan fingerprint density at radius 1 is 1.04 bits per heavy atom. The number of carbonyl (C=O) groups is 1. The second-order valence-electron chi connectivity index (χ2n) is 6.30. The molecule has 6 heteroatoms. The molecule has 0 radical (unpaired) electrons. The van der Waals surface area contributed by atoms with Gasteiger partial charge in [-0.2, -0.15) is 0 Å². The standard InChI is InChI=1S/C22H15Cl2N3O/c1-13-20(22(28)26-15-5-4-10-25-12-15)17-6-2-3-7-19(17)27-21(13)16-9-8-14(23)11-18(16)24/h2-12H,1H3,(H,26,28). The zero-order chi connectivity index (χ0) is 19.7. The monoisotopic (exact) mass is 407 g/mol. The van der Waals surface area contributed by atoms with Gasteiger partial charge in [0.15, 0.2) is 0 Å². The number of amides is 1. The van der Waals surface area contributed by atoms with Gasteiger partial charge >= 0.3 is 0 Å². The van der Waals surface area contributed by atoms with Crippen LogP contribution >= 0.6 is 23.2 Å². The van der Waals surface area contributed by atoms with E-state index in [4.69, 9.17) is 28.2 Å². The first kappa shape index (κ1) is 18.4. The molecule has 0 aliphatic rings. The SMILES string of the molecule is Cc1c(-c2ccc(Cl)cc2Cl)nc2ccccc2c1C(=O)Nc1cccnc1. The highest BCUT2D eigenvalue weighted by Gasteiger charge is 2.20. The van der Waals surface area contributed by atoms with Crippen LogP contribution in [0.2, 0.25) is 10.0 Å². The van der Waals surface area contributed by atoms with Gasteiger partial charge in [0, 0.05) is 22.2 Å². The topological polar surface area (TPSA) is 54.9 Å². The summed E-state index contributed by atoms with van der Waals surface area (Å²) in [4.78, 5) is 22.0. The molecule has 0 aliphatic heterocycles. The van der Waals surface area contributed by atoms with Gasteiger partial charge in [0.1, 0.15) is 0 Å². The van der Waals surface area contributed by atoms with E-state index >= 15 is 0 Å². The molecule has 4 nitrogen and oxygen atoms in total. The summed E-state index contributed by atoms with van der Waals surface area (Å²) in [7, 11) is 0. The number of hydrogen-bond acceptors (Lipinski definition) is 3. The molecule has 0 saturated heterocycles. The molecule has 1 amide bonds. The second-order valence-corrected chi connectivity index (χ2v) is 7.14. The van der Waals surface area contributed by atoms with Crippen LogP contribution in [-0.2, 0) is 0 Å². The fraction of sp³-hybridized carbons (Fsp3) is 0.0455. The third-order valence-electron chi connectivity index (χ3n) is 4.47. The molecule has 0 saturated carbocycles. The number of carbonyl (C=O) groups excluding carboxylic acids is 1. The normalized spacial score (nSPS) is 10.8. The summed E-state index contributed by atoms with van der Waals surface area (Å²) in [6.45, 7) is 1.87. The first-order valence-electron chi connectivity index (χ1n) is 8.61. The molecule has 0 bridgehead atoms. The number of halogens is 2. The van der Waals surface area contributed by atoms with Crippen LogP contribution in [0.15, 0.2) is 67.0 Å². The Labute approximate surface area is 172 Å². The molecule has 1 N–H and O–H groups in total. The summed E-state index contributed by atoms with van der Waals surface area (Å²) < 4.78 is 0. The second kappa shape index (κ2) is 7.58. The fourth-order valence-corrected chi connectivity index (χ4v) is 3.67. The Morgan fingerprint density at radius 2 is 1.86 bits per heavy atom. The number of hydrogen-bond donors (Lipinski definition) is 1. The lowest BCUT2D eigenvalue weighted by Crippen LogP contribution is -2.15. The summed E-state index contributed by atoms with van der Waals surface area (Å²) in [6, 6.07) is 16.4. The van der Waals surface area contributed by atoms with Gasteiger partial charge in [-0.3, -0.25) is 9.78 Å². The average molecular weight is 408 g/mol.